The van der Waals surface area contributed by atoms with Gasteiger partial charge in [0.15, 0.2) is 0 Å². The molecule has 3 N–H and O–H groups in total. The molecule has 1 aromatic carbocycles. The largest absolute Gasteiger partial charge is 0.465 e. The minimum atomic E-state index is -0.498. The lowest BCUT2D eigenvalue weighted by molar-refractivity contribution is -0.146. The summed E-state index contributed by atoms with van der Waals surface area (Å²) in [5.41, 5.74) is 9.04. The van der Waals surface area contributed by atoms with Crippen molar-refractivity contribution in [2.45, 2.75) is 19.3 Å². The molecule has 2 atom stereocenters. The van der Waals surface area contributed by atoms with Crippen LogP contribution in [-0.2, 0) is 20.7 Å². The Bertz CT molecular complexity index is 753. The van der Waals surface area contributed by atoms with Crippen molar-refractivity contribution in [1.29, 1.82) is 10.9 Å². The van der Waals surface area contributed by atoms with Gasteiger partial charge in [0.25, 0.3) is 0 Å². The molecule has 2 unspecified atom stereocenters. The molecule has 1 amide bonds. The maximum absolute atomic E-state index is 12.3. The molecule has 8 nitrogen and oxygen atoms in total. The van der Waals surface area contributed by atoms with E-state index in [9.17, 15) is 9.59 Å². The highest BCUT2D eigenvalue weighted by Gasteiger charge is 2.55. The summed E-state index contributed by atoms with van der Waals surface area (Å²) < 4.78 is 5.29. The summed E-state index contributed by atoms with van der Waals surface area (Å²) in [6.07, 6.45) is 2.92. The molecule has 136 valence electrons. The maximum Gasteiger partial charge on any atom is 0.313 e. The number of nitrogens with zero attached hydrogens (tertiary/aromatic N) is 2. The third-order valence-corrected chi connectivity index (χ3v) is 5.04. The second-order valence-corrected chi connectivity index (χ2v) is 6.83. The predicted octanol–water partition coefficient (Wildman–Crippen LogP) is 2.53. The Balaban J connectivity index is 1.65. The van der Waals surface area contributed by atoms with E-state index in [0.29, 0.717) is 25.1 Å². The van der Waals surface area contributed by atoms with Crippen LogP contribution in [-0.4, -0.2) is 36.4 Å². The van der Waals surface area contributed by atoms with Crippen LogP contribution in [0.3, 0.4) is 0 Å². The summed E-state index contributed by atoms with van der Waals surface area (Å²) in [7, 11) is 0. The van der Waals surface area contributed by atoms with Gasteiger partial charge >= 0.3 is 5.97 Å². The zero-order chi connectivity index (χ0) is 18.7. The SMILES string of the molecule is C=C1CC2COC(=O)C2(Cc2ccc(NC(=O)CN(C=N)N=N)cc2)C1. The van der Waals surface area contributed by atoms with Gasteiger partial charge in [0.2, 0.25) is 5.91 Å². The lowest BCUT2D eigenvalue weighted by Gasteiger charge is -2.24. The summed E-state index contributed by atoms with van der Waals surface area (Å²) in [5.74, 6) is -0.311. The highest BCUT2D eigenvalue weighted by molar-refractivity contribution is 5.93. The number of carbonyl (C=O) groups excluding carboxylic acids is 2. The predicted molar refractivity (Wildman–Crippen MR) is 94.7 cm³/mol. The topological polar surface area (TPSA) is 119 Å². The Kier molecular flexibility index (Phi) is 4.83. The molecule has 2 aliphatic rings. The number of amides is 1. The Morgan fingerprint density at radius 3 is 2.85 bits per heavy atom. The lowest BCUT2D eigenvalue weighted by Crippen LogP contribution is -2.31. The van der Waals surface area contributed by atoms with Gasteiger partial charge in [0.1, 0.15) is 12.9 Å². The smallest absolute Gasteiger partial charge is 0.313 e. The van der Waals surface area contributed by atoms with Gasteiger partial charge in [-0.25, -0.2) is 5.01 Å². The summed E-state index contributed by atoms with van der Waals surface area (Å²) in [6.45, 7) is 4.31. The van der Waals surface area contributed by atoms with Gasteiger partial charge in [-0.2, -0.15) is 5.53 Å². The fourth-order valence-electron chi connectivity index (χ4n) is 3.79. The van der Waals surface area contributed by atoms with E-state index in [1.54, 1.807) is 12.1 Å². The van der Waals surface area contributed by atoms with Crippen LogP contribution in [0, 0.1) is 22.3 Å². The third-order valence-electron chi connectivity index (χ3n) is 5.04. The van der Waals surface area contributed by atoms with E-state index in [-0.39, 0.29) is 24.3 Å². The first kappa shape index (κ1) is 17.8. The summed E-state index contributed by atoms with van der Waals surface area (Å²) >= 11 is 0. The zero-order valence-corrected chi connectivity index (χ0v) is 14.3. The number of cyclic esters (lactones) is 1. The quantitative estimate of drug-likeness (QED) is 0.174. The second-order valence-electron chi connectivity index (χ2n) is 6.83. The molecule has 1 saturated heterocycles. The van der Waals surface area contributed by atoms with Crippen LogP contribution in [0.15, 0.2) is 41.6 Å². The van der Waals surface area contributed by atoms with Crippen LogP contribution in [0.5, 0.6) is 0 Å². The first-order valence-electron chi connectivity index (χ1n) is 8.34. The molecule has 1 aliphatic heterocycles. The van der Waals surface area contributed by atoms with Crippen molar-refractivity contribution in [2.75, 3.05) is 18.5 Å². The molecule has 1 aliphatic carbocycles. The van der Waals surface area contributed by atoms with E-state index in [1.165, 1.54) is 0 Å². The lowest BCUT2D eigenvalue weighted by atomic mass is 9.75. The van der Waals surface area contributed by atoms with E-state index >= 15 is 0 Å². The van der Waals surface area contributed by atoms with Crippen molar-refractivity contribution in [3.8, 4) is 0 Å². The number of carbonyl (C=O) groups is 2. The first-order chi connectivity index (χ1) is 12.5. The van der Waals surface area contributed by atoms with Gasteiger partial charge in [-0.1, -0.05) is 29.5 Å². The highest BCUT2D eigenvalue weighted by Crippen LogP contribution is 2.52. The summed E-state index contributed by atoms with van der Waals surface area (Å²) in [4.78, 5) is 24.2. The van der Waals surface area contributed by atoms with Crippen LogP contribution in [0.4, 0.5) is 5.69 Å². The van der Waals surface area contributed by atoms with Gasteiger partial charge < -0.3 is 10.1 Å². The van der Waals surface area contributed by atoms with Crippen LogP contribution in [0.1, 0.15) is 18.4 Å². The molecule has 1 aromatic rings. The first-order valence-corrected chi connectivity index (χ1v) is 8.34. The van der Waals surface area contributed by atoms with Crippen molar-refractivity contribution in [3.63, 3.8) is 0 Å². The molecular formula is C18H21N5O3. The molecule has 0 spiro atoms. The normalized spacial score (nSPS) is 23.9. The van der Waals surface area contributed by atoms with Crippen molar-refractivity contribution in [3.05, 3.63) is 42.0 Å². The standard InChI is InChI=1S/C18H21N5O3/c1-12-6-14-10-26-17(25)18(14,7-12)8-13-2-4-15(5-3-13)21-16(24)9-23(11-19)22-20/h2-5,11,14,19-20H,1,6-10H2,(H,21,24). The number of anilines is 1. The summed E-state index contributed by atoms with van der Waals surface area (Å²) in [5, 5.41) is 13.6. The number of ether oxygens (including phenoxy) is 1. The number of allylic oxidation sites excluding steroid dienone is 1. The Hall–Kier alpha value is -3.03. The number of hydrogen-bond donors (Lipinski definition) is 3. The average molecular weight is 355 g/mol. The molecule has 0 aromatic heterocycles. The number of fused-ring (bicyclic) bond motifs is 1. The summed E-state index contributed by atoms with van der Waals surface area (Å²) in [6, 6.07) is 7.32. The van der Waals surface area contributed by atoms with Gasteiger partial charge in [0.05, 0.1) is 12.0 Å². The number of benzene rings is 1. The van der Waals surface area contributed by atoms with Gasteiger partial charge in [-0.15, -0.1) is 0 Å². The second kappa shape index (κ2) is 7.07. The van der Waals surface area contributed by atoms with Crippen LogP contribution in [0.2, 0.25) is 0 Å². The number of rotatable bonds is 7. The van der Waals surface area contributed by atoms with Gasteiger partial charge in [0, 0.05) is 11.6 Å². The zero-order valence-electron chi connectivity index (χ0n) is 14.3. The van der Waals surface area contributed by atoms with Gasteiger partial charge in [-0.05, 0) is 37.0 Å². The molecule has 8 heteroatoms. The van der Waals surface area contributed by atoms with Gasteiger partial charge in [-0.3, -0.25) is 15.0 Å². The van der Waals surface area contributed by atoms with E-state index in [4.69, 9.17) is 15.7 Å². The van der Waals surface area contributed by atoms with Crippen LogP contribution < -0.4 is 5.32 Å². The molecule has 0 bridgehead atoms. The Morgan fingerprint density at radius 2 is 2.19 bits per heavy atom. The molecule has 0 radical (unpaired) electrons. The number of hydrogen-bond acceptors (Lipinski definition) is 6. The maximum atomic E-state index is 12.3. The molecule has 1 heterocycles. The van der Waals surface area contributed by atoms with Crippen molar-refractivity contribution < 1.29 is 14.3 Å². The fraction of sp³-hybridized carbons (Fsp3) is 0.389. The molecule has 2 fully saturated rings. The van der Waals surface area contributed by atoms with Crippen LogP contribution in [0.25, 0.3) is 0 Å². The Labute approximate surface area is 151 Å². The third kappa shape index (κ3) is 3.35. The molecule has 26 heavy (non-hydrogen) atoms. The monoisotopic (exact) mass is 355 g/mol. The van der Waals surface area contributed by atoms with Crippen LogP contribution >= 0.6 is 0 Å². The average Bonchev–Trinajstić information content (AvgIpc) is 3.09. The minimum Gasteiger partial charge on any atom is -0.465 e. The van der Waals surface area contributed by atoms with E-state index in [1.807, 2.05) is 12.1 Å². The number of esters is 1. The van der Waals surface area contributed by atoms with Crippen molar-refractivity contribution in [1.82, 2.24) is 5.01 Å². The Morgan fingerprint density at radius 1 is 1.46 bits per heavy atom. The van der Waals surface area contributed by atoms with Crippen molar-refractivity contribution in [2.24, 2.45) is 16.6 Å². The van der Waals surface area contributed by atoms with E-state index in [2.05, 4.69) is 17.1 Å². The molecule has 3 rings (SSSR count). The molecule has 1 saturated carbocycles. The van der Waals surface area contributed by atoms with E-state index < -0.39 is 5.41 Å². The minimum absolute atomic E-state index is 0.135. The van der Waals surface area contributed by atoms with E-state index in [0.717, 1.165) is 28.9 Å². The molecular weight excluding hydrogens is 334 g/mol. The van der Waals surface area contributed by atoms with Crippen molar-refractivity contribution >= 4 is 23.9 Å². The fourth-order valence-corrected chi connectivity index (χ4v) is 3.79. The number of nitrogens with one attached hydrogen (secondary N) is 3. The highest BCUT2D eigenvalue weighted by atomic mass is 16.5.